The monoisotopic (exact) mass is 556 g/mol. The maximum Gasteiger partial charge on any atom is 0.434 e. The van der Waals surface area contributed by atoms with Crippen molar-refractivity contribution in [3.8, 4) is 0 Å². The van der Waals surface area contributed by atoms with Crippen molar-refractivity contribution in [3.05, 3.63) is 34.3 Å². The Balaban J connectivity index is 1.45. The molecule has 204 valence electrons. The van der Waals surface area contributed by atoms with Crippen LogP contribution >= 0.6 is 11.6 Å². The molecule has 0 aromatic heterocycles. The van der Waals surface area contributed by atoms with Crippen LogP contribution in [-0.4, -0.2) is 67.3 Å². The normalized spacial score (nSPS) is 19.4. The highest BCUT2D eigenvalue weighted by Crippen LogP contribution is 2.41. The van der Waals surface area contributed by atoms with Gasteiger partial charge in [-0.3, -0.25) is 4.90 Å². The van der Waals surface area contributed by atoms with Crippen molar-refractivity contribution < 1.29 is 53.8 Å². The molecule has 0 atom stereocenters. The lowest BCUT2D eigenvalue weighted by atomic mass is 9.78. The maximum atomic E-state index is 12.8. The van der Waals surface area contributed by atoms with E-state index in [1.807, 2.05) is 4.90 Å². The van der Waals surface area contributed by atoms with Crippen molar-refractivity contribution in [2.45, 2.75) is 50.5 Å². The topological polar surface area (TPSA) is 42.0 Å². The van der Waals surface area contributed by atoms with Crippen LogP contribution in [0.2, 0.25) is 5.02 Å². The third-order valence-corrected chi connectivity index (χ3v) is 6.61. The molecule has 1 aromatic carbocycles. The molecule has 0 N–H and O–H groups in total. The predicted octanol–water partition coefficient (Wildman–Crippen LogP) is 6.25. The zero-order valence-electron chi connectivity index (χ0n) is 18.6. The summed E-state index contributed by atoms with van der Waals surface area (Å²) in [4.78, 5) is 14.7. The first-order valence-electron chi connectivity index (χ1n) is 10.7. The lowest BCUT2D eigenvalue weighted by Crippen LogP contribution is -2.50. The van der Waals surface area contributed by atoms with Gasteiger partial charge in [-0.25, -0.2) is 4.79 Å². The summed E-state index contributed by atoms with van der Waals surface area (Å²) in [5.41, 5.74) is -0.785. The second kappa shape index (κ2) is 10.4. The largest absolute Gasteiger partial charge is 0.434 e. The summed E-state index contributed by atoms with van der Waals surface area (Å²) in [6.45, 7) is 1.19. The minimum absolute atomic E-state index is 0.0144. The van der Waals surface area contributed by atoms with Crippen molar-refractivity contribution in [3.63, 3.8) is 0 Å². The summed E-state index contributed by atoms with van der Waals surface area (Å²) in [5, 5.41) is -0.439. The van der Waals surface area contributed by atoms with Crippen LogP contribution in [0.15, 0.2) is 18.2 Å². The molecular weight excluding hydrogens is 535 g/mol. The summed E-state index contributed by atoms with van der Waals surface area (Å²) in [7, 11) is 0. The van der Waals surface area contributed by atoms with E-state index in [2.05, 4.69) is 4.74 Å². The van der Waals surface area contributed by atoms with Gasteiger partial charge < -0.3 is 14.4 Å². The Labute approximate surface area is 205 Å². The number of halogens is 10. The molecule has 1 aromatic rings. The molecule has 0 saturated carbocycles. The fraction of sp³-hybridized carbons (Fsp3) is 0.667. The Morgan fingerprint density at radius 3 is 2.08 bits per heavy atom. The number of carbonyl (C=O) groups is 1. The Hall–Kier alpha value is -1.93. The number of piperidine rings is 1. The maximum absolute atomic E-state index is 12.8. The van der Waals surface area contributed by atoms with Gasteiger partial charge in [-0.1, -0.05) is 17.7 Å². The van der Waals surface area contributed by atoms with E-state index in [1.165, 1.54) is 12.1 Å². The molecule has 2 aliphatic rings. The average molecular weight is 557 g/mol. The van der Waals surface area contributed by atoms with Crippen LogP contribution in [0.3, 0.4) is 0 Å². The molecule has 2 saturated heterocycles. The molecule has 2 fully saturated rings. The van der Waals surface area contributed by atoms with Gasteiger partial charge in [0.1, 0.15) is 0 Å². The molecule has 5 nitrogen and oxygen atoms in total. The first-order chi connectivity index (χ1) is 16.5. The fourth-order valence-electron chi connectivity index (χ4n) is 4.38. The van der Waals surface area contributed by atoms with Crippen LogP contribution in [0.25, 0.3) is 0 Å². The van der Waals surface area contributed by atoms with E-state index in [9.17, 15) is 44.3 Å². The van der Waals surface area contributed by atoms with Gasteiger partial charge in [-0.15, -0.1) is 0 Å². The quantitative estimate of drug-likeness (QED) is 0.402. The van der Waals surface area contributed by atoms with Gasteiger partial charge in [0.2, 0.25) is 0 Å². The molecule has 0 unspecified atom stereocenters. The van der Waals surface area contributed by atoms with Gasteiger partial charge >= 0.3 is 24.6 Å². The minimum atomic E-state index is -5.78. The molecule has 2 heterocycles. The zero-order valence-corrected chi connectivity index (χ0v) is 19.3. The van der Waals surface area contributed by atoms with Crippen LogP contribution in [-0.2, 0) is 22.3 Å². The summed E-state index contributed by atoms with van der Waals surface area (Å²) < 4.78 is 124. The van der Waals surface area contributed by atoms with Gasteiger partial charge in [0, 0.05) is 26.2 Å². The Morgan fingerprint density at radius 1 is 0.972 bits per heavy atom. The summed E-state index contributed by atoms with van der Waals surface area (Å²) >= 11 is 5.69. The van der Waals surface area contributed by atoms with Crippen molar-refractivity contribution in [2.24, 2.45) is 5.41 Å². The molecule has 36 heavy (non-hydrogen) atoms. The number of alkyl halides is 9. The van der Waals surface area contributed by atoms with Gasteiger partial charge in [0.25, 0.3) is 6.10 Å². The van der Waals surface area contributed by atoms with E-state index in [1.54, 1.807) is 0 Å². The Kier molecular flexibility index (Phi) is 8.31. The third-order valence-electron chi connectivity index (χ3n) is 6.29. The van der Waals surface area contributed by atoms with Gasteiger partial charge in [-0.05, 0) is 42.4 Å². The standard InChI is InChI=1S/C21H22ClF9N2O3/c22-15-9-13(1-2-14(15)19(23,24)25)10-35-12-32-6-3-18(11-32)4-7-33(8-5-18)17(34)36-16(20(26,27)28)21(29,30)31/h1-2,9,16H,3-8,10-12H2. The van der Waals surface area contributed by atoms with E-state index in [-0.39, 0.29) is 31.8 Å². The highest BCUT2D eigenvalue weighted by molar-refractivity contribution is 6.31. The van der Waals surface area contributed by atoms with Gasteiger partial charge in [0.05, 0.1) is 23.9 Å². The summed E-state index contributed by atoms with van der Waals surface area (Å²) in [6, 6.07) is 3.31. The predicted molar refractivity (Wildman–Crippen MR) is 108 cm³/mol. The van der Waals surface area contributed by atoms with E-state index in [4.69, 9.17) is 16.3 Å². The lowest BCUT2D eigenvalue weighted by Gasteiger charge is -2.39. The highest BCUT2D eigenvalue weighted by Gasteiger charge is 2.60. The van der Waals surface area contributed by atoms with Crippen molar-refractivity contribution >= 4 is 17.7 Å². The number of ether oxygens (including phenoxy) is 2. The van der Waals surface area contributed by atoms with E-state index in [0.29, 0.717) is 37.9 Å². The van der Waals surface area contributed by atoms with Crippen LogP contribution in [0.4, 0.5) is 44.3 Å². The SMILES string of the molecule is O=C(OC(C(F)(F)F)C(F)(F)F)N1CCC2(CCN(COCc3ccc(C(F)(F)F)c(Cl)c3)C2)CC1. The fourth-order valence-corrected chi connectivity index (χ4v) is 4.69. The molecule has 1 amide bonds. The van der Waals surface area contributed by atoms with Crippen LogP contribution in [0.5, 0.6) is 0 Å². The van der Waals surface area contributed by atoms with Crippen molar-refractivity contribution in [1.82, 2.24) is 9.80 Å². The molecule has 1 spiro atoms. The first-order valence-corrected chi connectivity index (χ1v) is 11.1. The van der Waals surface area contributed by atoms with Crippen molar-refractivity contribution in [1.29, 1.82) is 0 Å². The second-order valence-electron chi connectivity index (χ2n) is 8.93. The summed E-state index contributed by atoms with van der Waals surface area (Å²) in [5.74, 6) is 0. The number of carbonyl (C=O) groups excluding carboxylic acids is 1. The first kappa shape index (κ1) is 28.6. The number of amides is 1. The number of benzene rings is 1. The number of hydrogen-bond donors (Lipinski definition) is 0. The number of nitrogens with zero attached hydrogens (tertiary/aromatic N) is 2. The molecule has 3 rings (SSSR count). The Bertz CT molecular complexity index is 915. The number of likely N-dealkylation sites (tertiary alicyclic amines) is 2. The Morgan fingerprint density at radius 2 is 1.56 bits per heavy atom. The second-order valence-corrected chi connectivity index (χ2v) is 9.33. The van der Waals surface area contributed by atoms with E-state index in [0.717, 1.165) is 11.0 Å². The average Bonchev–Trinajstić information content (AvgIpc) is 3.12. The number of rotatable bonds is 5. The third kappa shape index (κ3) is 7.09. The number of hydrogen-bond acceptors (Lipinski definition) is 4. The molecule has 0 bridgehead atoms. The minimum Gasteiger partial charge on any atom is -0.426 e. The van der Waals surface area contributed by atoms with Crippen LogP contribution in [0, 0.1) is 5.41 Å². The smallest absolute Gasteiger partial charge is 0.426 e. The highest BCUT2D eigenvalue weighted by atomic mass is 35.5. The van der Waals surface area contributed by atoms with E-state index >= 15 is 0 Å². The van der Waals surface area contributed by atoms with Crippen LogP contribution in [0.1, 0.15) is 30.4 Å². The van der Waals surface area contributed by atoms with E-state index < -0.39 is 41.3 Å². The summed E-state index contributed by atoms with van der Waals surface area (Å²) in [6.07, 6.45) is -20.6. The van der Waals surface area contributed by atoms with Gasteiger partial charge in [0.15, 0.2) is 0 Å². The lowest BCUT2D eigenvalue weighted by molar-refractivity contribution is -0.308. The molecular formula is C21H22ClF9N2O3. The molecule has 15 heteroatoms. The molecule has 0 radical (unpaired) electrons. The van der Waals surface area contributed by atoms with Gasteiger partial charge in [-0.2, -0.15) is 39.5 Å². The van der Waals surface area contributed by atoms with Crippen LogP contribution < -0.4 is 0 Å². The molecule has 0 aliphatic carbocycles. The zero-order chi connectivity index (χ0) is 26.9. The van der Waals surface area contributed by atoms with Crippen molar-refractivity contribution in [2.75, 3.05) is 32.9 Å². The molecule has 2 aliphatic heterocycles.